The Morgan fingerprint density at radius 3 is 2.90 bits per heavy atom. The quantitative estimate of drug-likeness (QED) is 0.776. The molecular formula is C12H14N4O3S. The van der Waals surface area contributed by atoms with Crippen molar-refractivity contribution >= 4 is 23.7 Å². The zero-order valence-corrected chi connectivity index (χ0v) is 11.6. The topological polar surface area (TPSA) is 103 Å². The normalized spacial score (nSPS) is 10.4. The second-order valence-electron chi connectivity index (χ2n) is 3.76. The van der Waals surface area contributed by atoms with Gasteiger partial charge in [-0.25, -0.2) is 0 Å². The minimum absolute atomic E-state index is 0.116. The average molecular weight is 294 g/mol. The van der Waals surface area contributed by atoms with Crippen molar-refractivity contribution in [3.63, 3.8) is 0 Å². The Kier molecular flexibility index (Phi) is 4.46. The van der Waals surface area contributed by atoms with Gasteiger partial charge in [-0.2, -0.15) is 0 Å². The summed E-state index contributed by atoms with van der Waals surface area (Å²) in [6.07, 6.45) is 0. The first kappa shape index (κ1) is 14.2. The van der Waals surface area contributed by atoms with Crippen LogP contribution in [-0.4, -0.2) is 38.2 Å². The highest BCUT2D eigenvalue weighted by atomic mass is 32.2. The summed E-state index contributed by atoms with van der Waals surface area (Å²) in [5.41, 5.74) is 6.50. The summed E-state index contributed by atoms with van der Waals surface area (Å²) in [6.45, 7) is 2.39. The molecule has 0 unspecified atom stereocenters. The predicted octanol–water partition coefficient (Wildman–Crippen LogP) is 1.42. The summed E-state index contributed by atoms with van der Waals surface area (Å²) in [4.78, 5) is 10.7. The number of carboxylic acids is 1. The number of hydrogen-bond donors (Lipinski definition) is 2. The number of aliphatic carboxylic acids is 1. The molecule has 8 heteroatoms. The summed E-state index contributed by atoms with van der Waals surface area (Å²) in [7, 11) is 0. The maximum Gasteiger partial charge on any atom is 0.313 e. The van der Waals surface area contributed by atoms with E-state index in [1.54, 1.807) is 4.57 Å². The molecule has 2 aromatic rings. The number of anilines is 1. The van der Waals surface area contributed by atoms with Gasteiger partial charge in [0.15, 0.2) is 5.16 Å². The molecule has 0 aliphatic rings. The van der Waals surface area contributed by atoms with Crippen LogP contribution >= 0.6 is 11.8 Å². The van der Waals surface area contributed by atoms with E-state index >= 15 is 0 Å². The van der Waals surface area contributed by atoms with E-state index in [0.717, 1.165) is 11.8 Å². The Balaban J connectivity index is 2.41. The van der Waals surface area contributed by atoms with Crippen molar-refractivity contribution in [2.45, 2.75) is 12.1 Å². The number of nitrogens with two attached hydrogens (primary N) is 1. The molecule has 0 amide bonds. The van der Waals surface area contributed by atoms with Crippen LogP contribution in [0, 0.1) is 0 Å². The van der Waals surface area contributed by atoms with E-state index < -0.39 is 5.97 Å². The van der Waals surface area contributed by atoms with Crippen LogP contribution < -0.4 is 10.5 Å². The lowest BCUT2D eigenvalue weighted by molar-refractivity contribution is -0.133. The van der Waals surface area contributed by atoms with Crippen LogP contribution in [-0.2, 0) is 4.79 Å². The van der Waals surface area contributed by atoms with Crippen LogP contribution in [0.2, 0.25) is 0 Å². The van der Waals surface area contributed by atoms with E-state index in [-0.39, 0.29) is 11.7 Å². The van der Waals surface area contributed by atoms with Crippen molar-refractivity contribution < 1.29 is 14.6 Å². The van der Waals surface area contributed by atoms with Gasteiger partial charge in [0, 0.05) is 0 Å². The monoisotopic (exact) mass is 294 g/mol. The zero-order valence-electron chi connectivity index (χ0n) is 10.8. The fourth-order valence-electron chi connectivity index (χ4n) is 1.65. The van der Waals surface area contributed by atoms with Crippen LogP contribution in [0.5, 0.6) is 5.75 Å². The van der Waals surface area contributed by atoms with Gasteiger partial charge in [-0.05, 0) is 19.1 Å². The van der Waals surface area contributed by atoms with Crippen molar-refractivity contribution in [1.29, 1.82) is 0 Å². The number of nitrogens with zero attached hydrogens (tertiary/aromatic N) is 3. The summed E-state index contributed by atoms with van der Waals surface area (Å²) in [6, 6.07) is 7.31. The Morgan fingerprint density at radius 2 is 2.20 bits per heavy atom. The van der Waals surface area contributed by atoms with Gasteiger partial charge in [0.05, 0.1) is 18.0 Å². The standard InChI is InChI=1S/C12H14N4O3S/c1-2-19-9-6-4-3-5-8(9)16-11(13)14-15-12(16)20-7-10(17)18/h3-6H,2,7H2,1H3,(H2,13,14)(H,17,18). The fourth-order valence-corrected chi connectivity index (χ4v) is 2.32. The van der Waals surface area contributed by atoms with Crippen LogP contribution in [0.3, 0.4) is 0 Å². The number of carboxylic acid groups (broad SMARTS) is 1. The van der Waals surface area contributed by atoms with Gasteiger partial charge in [0.2, 0.25) is 5.95 Å². The lowest BCUT2D eigenvalue weighted by atomic mass is 10.3. The summed E-state index contributed by atoms with van der Waals surface area (Å²) in [5, 5.41) is 16.9. The highest BCUT2D eigenvalue weighted by Gasteiger charge is 2.16. The summed E-state index contributed by atoms with van der Waals surface area (Å²) < 4.78 is 7.12. The Morgan fingerprint density at radius 1 is 1.45 bits per heavy atom. The van der Waals surface area contributed by atoms with Crippen LogP contribution in [0.4, 0.5) is 5.95 Å². The molecule has 0 radical (unpaired) electrons. The molecule has 0 aliphatic carbocycles. The third kappa shape index (κ3) is 3.02. The number of para-hydroxylation sites is 2. The third-order valence-electron chi connectivity index (χ3n) is 2.39. The van der Waals surface area contributed by atoms with Gasteiger partial charge < -0.3 is 15.6 Å². The maximum absolute atomic E-state index is 10.7. The molecule has 0 fully saturated rings. The first-order valence-electron chi connectivity index (χ1n) is 5.91. The number of aromatic nitrogens is 3. The second-order valence-corrected chi connectivity index (χ2v) is 4.70. The molecule has 0 bridgehead atoms. The second kappa shape index (κ2) is 6.29. The Bertz CT molecular complexity index is 614. The van der Waals surface area contributed by atoms with E-state index in [1.807, 2.05) is 31.2 Å². The summed E-state index contributed by atoms with van der Waals surface area (Å²) >= 11 is 1.05. The van der Waals surface area contributed by atoms with Gasteiger partial charge in [-0.15, -0.1) is 10.2 Å². The smallest absolute Gasteiger partial charge is 0.313 e. The molecule has 0 saturated carbocycles. The molecule has 7 nitrogen and oxygen atoms in total. The molecule has 3 N–H and O–H groups in total. The largest absolute Gasteiger partial charge is 0.492 e. The van der Waals surface area contributed by atoms with Crippen molar-refractivity contribution in [3.05, 3.63) is 24.3 Å². The first-order chi connectivity index (χ1) is 9.63. The molecule has 0 saturated heterocycles. The third-order valence-corrected chi connectivity index (χ3v) is 3.30. The van der Waals surface area contributed by atoms with Crippen molar-refractivity contribution in [2.75, 3.05) is 18.1 Å². The minimum atomic E-state index is -0.929. The molecule has 1 aromatic carbocycles. The lowest BCUT2D eigenvalue weighted by Crippen LogP contribution is -2.06. The molecule has 0 atom stereocenters. The number of nitrogen functional groups attached to an aromatic ring is 1. The zero-order chi connectivity index (χ0) is 14.5. The molecular weight excluding hydrogens is 280 g/mol. The van der Waals surface area contributed by atoms with E-state index in [1.165, 1.54) is 0 Å². The van der Waals surface area contributed by atoms with Crippen LogP contribution in [0.1, 0.15) is 6.92 Å². The van der Waals surface area contributed by atoms with Gasteiger partial charge in [0.1, 0.15) is 5.75 Å². The first-order valence-corrected chi connectivity index (χ1v) is 6.89. The van der Waals surface area contributed by atoms with Crippen LogP contribution in [0.15, 0.2) is 29.4 Å². The SMILES string of the molecule is CCOc1ccccc1-n1c(N)nnc1SCC(=O)O. The van der Waals surface area contributed by atoms with Gasteiger partial charge in [0.25, 0.3) is 0 Å². The minimum Gasteiger partial charge on any atom is -0.492 e. The van der Waals surface area contributed by atoms with Crippen molar-refractivity contribution in [3.8, 4) is 11.4 Å². The number of ether oxygens (including phenoxy) is 1. The number of hydrogen-bond acceptors (Lipinski definition) is 6. The predicted molar refractivity (Wildman–Crippen MR) is 75.3 cm³/mol. The Hall–Kier alpha value is -2.22. The maximum atomic E-state index is 10.7. The number of thioether (sulfide) groups is 1. The van der Waals surface area contributed by atoms with E-state index in [2.05, 4.69) is 10.2 Å². The molecule has 106 valence electrons. The van der Waals surface area contributed by atoms with E-state index in [9.17, 15) is 4.79 Å². The van der Waals surface area contributed by atoms with E-state index in [4.69, 9.17) is 15.6 Å². The highest BCUT2D eigenvalue weighted by Crippen LogP contribution is 2.29. The molecule has 1 heterocycles. The fraction of sp³-hybridized carbons (Fsp3) is 0.250. The molecule has 1 aromatic heterocycles. The van der Waals surface area contributed by atoms with E-state index in [0.29, 0.717) is 23.2 Å². The number of benzene rings is 1. The van der Waals surface area contributed by atoms with Gasteiger partial charge >= 0.3 is 5.97 Å². The van der Waals surface area contributed by atoms with Gasteiger partial charge in [-0.3, -0.25) is 9.36 Å². The number of rotatable bonds is 6. The summed E-state index contributed by atoms with van der Waals surface area (Å²) in [5.74, 6) is -0.223. The average Bonchev–Trinajstić information content (AvgIpc) is 2.79. The number of carbonyl (C=O) groups is 1. The Labute approximate surface area is 119 Å². The lowest BCUT2D eigenvalue weighted by Gasteiger charge is -2.12. The van der Waals surface area contributed by atoms with Crippen molar-refractivity contribution in [2.24, 2.45) is 0 Å². The molecule has 20 heavy (non-hydrogen) atoms. The molecule has 2 rings (SSSR count). The van der Waals surface area contributed by atoms with Gasteiger partial charge in [-0.1, -0.05) is 23.9 Å². The van der Waals surface area contributed by atoms with Crippen LogP contribution in [0.25, 0.3) is 5.69 Å². The van der Waals surface area contributed by atoms with Crippen molar-refractivity contribution in [1.82, 2.24) is 14.8 Å². The highest BCUT2D eigenvalue weighted by molar-refractivity contribution is 7.99. The molecule has 0 spiro atoms. The molecule has 0 aliphatic heterocycles.